The molecule has 96 valence electrons. The SMILES string of the molecule is CC[C@@H]1OCC[C@H]1C(=O)N[C@@H]1CC[C@@H]1C(=O)O. The molecule has 17 heavy (non-hydrogen) atoms. The molecule has 1 saturated carbocycles. The largest absolute Gasteiger partial charge is 0.481 e. The number of amides is 1. The van der Waals surface area contributed by atoms with Gasteiger partial charge in [-0.3, -0.25) is 9.59 Å². The summed E-state index contributed by atoms with van der Waals surface area (Å²) in [4.78, 5) is 22.8. The van der Waals surface area contributed by atoms with Gasteiger partial charge in [-0.15, -0.1) is 0 Å². The number of ether oxygens (including phenoxy) is 1. The minimum Gasteiger partial charge on any atom is -0.481 e. The van der Waals surface area contributed by atoms with Gasteiger partial charge >= 0.3 is 5.97 Å². The minimum atomic E-state index is -0.809. The number of carboxylic acid groups (broad SMARTS) is 1. The van der Waals surface area contributed by atoms with Crippen molar-refractivity contribution in [3.8, 4) is 0 Å². The zero-order chi connectivity index (χ0) is 12.4. The van der Waals surface area contributed by atoms with E-state index < -0.39 is 11.9 Å². The van der Waals surface area contributed by atoms with E-state index in [1.165, 1.54) is 0 Å². The van der Waals surface area contributed by atoms with Crippen molar-refractivity contribution < 1.29 is 19.4 Å². The van der Waals surface area contributed by atoms with Gasteiger partial charge < -0.3 is 15.2 Å². The van der Waals surface area contributed by atoms with Gasteiger partial charge in [0.2, 0.25) is 5.91 Å². The predicted molar refractivity (Wildman–Crippen MR) is 60.4 cm³/mol. The monoisotopic (exact) mass is 241 g/mol. The Balaban J connectivity index is 1.87. The number of carboxylic acids is 1. The first kappa shape index (κ1) is 12.4. The predicted octanol–water partition coefficient (Wildman–Crippen LogP) is 0.781. The molecule has 1 aliphatic carbocycles. The van der Waals surface area contributed by atoms with Gasteiger partial charge in [0.25, 0.3) is 0 Å². The van der Waals surface area contributed by atoms with Crippen LogP contribution in [-0.4, -0.2) is 35.7 Å². The van der Waals surface area contributed by atoms with Crippen LogP contribution in [0.1, 0.15) is 32.6 Å². The van der Waals surface area contributed by atoms with Gasteiger partial charge in [-0.05, 0) is 25.7 Å². The Labute approximate surface area is 101 Å². The molecule has 0 radical (unpaired) electrons. The second kappa shape index (κ2) is 5.04. The molecule has 0 unspecified atom stereocenters. The minimum absolute atomic E-state index is 0.00152. The van der Waals surface area contributed by atoms with E-state index >= 15 is 0 Å². The lowest BCUT2D eigenvalue weighted by molar-refractivity contribution is -0.146. The van der Waals surface area contributed by atoms with Crippen LogP contribution in [-0.2, 0) is 14.3 Å². The van der Waals surface area contributed by atoms with Crippen LogP contribution in [0.2, 0.25) is 0 Å². The van der Waals surface area contributed by atoms with Crippen molar-refractivity contribution in [2.24, 2.45) is 11.8 Å². The van der Waals surface area contributed by atoms with Crippen molar-refractivity contribution in [3.63, 3.8) is 0 Å². The molecule has 0 spiro atoms. The van der Waals surface area contributed by atoms with Crippen molar-refractivity contribution in [3.05, 3.63) is 0 Å². The van der Waals surface area contributed by atoms with Crippen LogP contribution in [0, 0.1) is 11.8 Å². The zero-order valence-electron chi connectivity index (χ0n) is 10.0. The smallest absolute Gasteiger partial charge is 0.308 e. The highest BCUT2D eigenvalue weighted by molar-refractivity contribution is 5.81. The van der Waals surface area contributed by atoms with E-state index in [1.807, 2.05) is 6.92 Å². The fourth-order valence-electron chi connectivity index (χ4n) is 2.61. The van der Waals surface area contributed by atoms with Crippen molar-refractivity contribution >= 4 is 11.9 Å². The highest BCUT2D eigenvalue weighted by Gasteiger charge is 2.40. The normalized spacial score (nSPS) is 36.3. The number of rotatable bonds is 4. The van der Waals surface area contributed by atoms with Gasteiger partial charge in [0, 0.05) is 12.6 Å². The molecule has 2 aliphatic rings. The summed E-state index contributed by atoms with van der Waals surface area (Å²) in [5.41, 5.74) is 0. The Hall–Kier alpha value is -1.10. The van der Waals surface area contributed by atoms with Gasteiger partial charge in [0.1, 0.15) is 0 Å². The lowest BCUT2D eigenvalue weighted by atomic mass is 9.79. The Morgan fingerprint density at radius 2 is 2.06 bits per heavy atom. The van der Waals surface area contributed by atoms with Crippen molar-refractivity contribution in [1.29, 1.82) is 0 Å². The van der Waals surface area contributed by atoms with E-state index in [4.69, 9.17) is 9.84 Å². The van der Waals surface area contributed by atoms with E-state index in [0.29, 0.717) is 13.0 Å². The molecule has 1 saturated heterocycles. The van der Waals surface area contributed by atoms with Gasteiger partial charge in [-0.25, -0.2) is 0 Å². The number of carbonyl (C=O) groups is 2. The molecule has 0 aromatic carbocycles. The molecule has 2 fully saturated rings. The second-order valence-electron chi connectivity index (χ2n) is 4.85. The molecule has 5 nitrogen and oxygen atoms in total. The highest BCUT2D eigenvalue weighted by atomic mass is 16.5. The van der Waals surface area contributed by atoms with E-state index in [1.54, 1.807) is 0 Å². The molecule has 2 N–H and O–H groups in total. The van der Waals surface area contributed by atoms with E-state index in [0.717, 1.165) is 19.3 Å². The molecule has 0 aromatic rings. The number of carbonyl (C=O) groups excluding carboxylic acids is 1. The second-order valence-corrected chi connectivity index (χ2v) is 4.85. The average molecular weight is 241 g/mol. The Morgan fingerprint density at radius 3 is 2.59 bits per heavy atom. The Morgan fingerprint density at radius 1 is 1.29 bits per heavy atom. The Kier molecular flexibility index (Phi) is 3.66. The third-order valence-electron chi connectivity index (χ3n) is 3.87. The van der Waals surface area contributed by atoms with Crippen molar-refractivity contribution in [1.82, 2.24) is 5.32 Å². The summed E-state index contributed by atoms with van der Waals surface area (Å²) >= 11 is 0. The molecular weight excluding hydrogens is 222 g/mol. The van der Waals surface area contributed by atoms with Crippen molar-refractivity contribution in [2.45, 2.75) is 44.8 Å². The lowest BCUT2D eigenvalue weighted by Gasteiger charge is -2.35. The fourth-order valence-corrected chi connectivity index (χ4v) is 2.61. The number of aliphatic carboxylic acids is 1. The van der Waals surface area contributed by atoms with Crippen LogP contribution in [0.3, 0.4) is 0 Å². The molecule has 1 amide bonds. The maximum absolute atomic E-state index is 12.0. The van der Waals surface area contributed by atoms with Crippen LogP contribution < -0.4 is 5.32 Å². The van der Waals surface area contributed by atoms with E-state index in [2.05, 4.69) is 5.32 Å². The van der Waals surface area contributed by atoms with E-state index in [-0.39, 0.29) is 24.0 Å². The highest BCUT2D eigenvalue weighted by Crippen LogP contribution is 2.29. The molecule has 1 aliphatic heterocycles. The number of hydrogen-bond acceptors (Lipinski definition) is 3. The van der Waals surface area contributed by atoms with Crippen molar-refractivity contribution in [2.75, 3.05) is 6.61 Å². The summed E-state index contributed by atoms with van der Waals surface area (Å²) in [6, 6.07) is -0.182. The standard InChI is InChI=1S/C12H19NO4/c1-2-10-8(5-6-17-10)11(14)13-9-4-3-7(9)12(15)16/h7-10H,2-6H2,1H3,(H,13,14)(H,15,16)/t7-,8+,9+,10-/m0/s1. The summed E-state index contributed by atoms with van der Waals surface area (Å²) in [6.45, 7) is 2.63. The van der Waals surface area contributed by atoms with Crippen LogP contribution in [0.5, 0.6) is 0 Å². The topological polar surface area (TPSA) is 75.6 Å². The fraction of sp³-hybridized carbons (Fsp3) is 0.833. The molecule has 0 aromatic heterocycles. The molecule has 1 heterocycles. The number of hydrogen-bond donors (Lipinski definition) is 2. The number of nitrogens with one attached hydrogen (secondary N) is 1. The van der Waals surface area contributed by atoms with Gasteiger partial charge in [0.05, 0.1) is 17.9 Å². The first-order valence-corrected chi connectivity index (χ1v) is 6.28. The zero-order valence-corrected chi connectivity index (χ0v) is 10.0. The first-order chi connectivity index (χ1) is 8.13. The maximum Gasteiger partial charge on any atom is 0.308 e. The molecule has 4 atom stereocenters. The summed E-state index contributed by atoms with van der Waals surface area (Å²) in [5.74, 6) is -1.35. The molecule has 5 heteroatoms. The molecule has 2 rings (SSSR count). The van der Waals surface area contributed by atoms with Crippen LogP contribution in [0.25, 0.3) is 0 Å². The van der Waals surface area contributed by atoms with Crippen LogP contribution in [0.4, 0.5) is 0 Å². The summed E-state index contributed by atoms with van der Waals surface area (Å²) in [5, 5.41) is 11.8. The van der Waals surface area contributed by atoms with Gasteiger partial charge in [-0.1, -0.05) is 6.92 Å². The Bertz CT molecular complexity index is 318. The lowest BCUT2D eigenvalue weighted by Crippen LogP contribution is -2.52. The van der Waals surface area contributed by atoms with Crippen LogP contribution >= 0.6 is 0 Å². The maximum atomic E-state index is 12.0. The summed E-state index contributed by atoms with van der Waals surface area (Å²) < 4.78 is 5.47. The third-order valence-corrected chi connectivity index (χ3v) is 3.87. The van der Waals surface area contributed by atoms with E-state index in [9.17, 15) is 9.59 Å². The van der Waals surface area contributed by atoms with Gasteiger partial charge in [0.15, 0.2) is 0 Å². The average Bonchev–Trinajstić information content (AvgIpc) is 2.71. The van der Waals surface area contributed by atoms with Crippen LogP contribution in [0.15, 0.2) is 0 Å². The first-order valence-electron chi connectivity index (χ1n) is 6.28. The molecular formula is C12H19NO4. The quantitative estimate of drug-likeness (QED) is 0.762. The third kappa shape index (κ3) is 2.44. The van der Waals surface area contributed by atoms with Gasteiger partial charge in [-0.2, -0.15) is 0 Å². The summed E-state index contributed by atoms with van der Waals surface area (Å²) in [7, 11) is 0. The summed E-state index contributed by atoms with van der Waals surface area (Å²) in [6.07, 6.45) is 3.00. The molecule has 0 bridgehead atoms.